The molecular formula is C21H31N5O2. The summed E-state index contributed by atoms with van der Waals surface area (Å²) < 4.78 is 0. The number of benzene rings is 1. The molecule has 3 N–H and O–H groups in total. The van der Waals surface area contributed by atoms with E-state index in [1.807, 2.05) is 11.0 Å². The third kappa shape index (κ3) is 5.47. The zero-order valence-corrected chi connectivity index (χ0v) is 16.7. The highest BCUT2D eigenvalue weighted by Crippen LogP contribution is 2.20. The van der Waals surface area contributed by atoms with Crippen molar-refractivity contribution < 1.29 is 9.59 Å². The Bertz CT molecular complexity index is 733. The van der Waals surface area contributed by atoms with Gasteiger partial charge in [0.05, 0.1) is 0 Å². The average molecular weight is 386 g/mol. The van der Waals surface area contributed by atoms with Crippen molar-refractivity contribution in [2.45, 2.75) is 45.2 Å². The van der Waals surface area contributed by atoms with Crippen LogP contribution in [0.25, 0.3) is 0 Å². The number of guanidine groups is 1. The summed E-state index contributed by atoms with van der Waals surface area (Å²) in [7, 11) is 1.79. The van der Waals surface area contributed by atoms with Crippen molar-refractivity contribution >= 4 is 17.8 Å². The number of rotatable bonds is 6. The van der Waals surface area contributed by atoms with E-state index in [0.29, 0.717) is 31.8 Å². The van der Waals surface area contributed by atoms with Crippen molar-refractivity contribution in [3.63, 3.8) is 0 Å². The Kier molecular flexibility index (Phi) is 6.90. The van der Waals surface area contributed by atoms with Gasteiger partial charge >= 0.3 is 0 Å². The standard InChI is InChI=1S/C21H31N5O2/c1-23-21(26-10-3-7-18(15-26)12-19(22)27)24-13-16-5-2-6-17(11-16)14-25-9-4-8-20(25)28/h2,5-6,11,18H,3-4,7-10,12-15H2,1H3,(H2,22,27)(H,23,24). The molecule has 152 valence electrons. The van der Waals surface area contributed by atoms with Crippen LogP contribution in [0.1, 0.15) is 43.2 Å². The number of likely N-dealkylation sites (tertiary alicyclic amines) is 2. The van der Waals surface area contributed by atoms with Gasteiger partial charge in [-0.3, -0.25) is 14.6 Å². The van der Waals surface area contributed by atoms with Gasteiger partial charge in [-0.15, -0.1) is 0 Å². The van der Waals surface area contributed by atoms with Gasteiger partial charge in [0, 0.05) is 52.6 Å². The summed E-state index contributed by atoms with van der Waals surface area (Å²) in [6, 6.07) is 8.35. The number of nitrogens with one attached hydrogen (secondary N) is 1. The van der Waals surface area contributed by atoms with Crippen LogP contribution in [0, 0.1) is 5.92 Å². The number of primary amides is 1. The fourth-order valence-electron chi connectivity index (χ4n) is 4.15. The molecule has 3 rings (SSSR count). The maximum absolute atomic E-state index is 11.8. The molecule has 1 aromatic carbocycles. The van der Waals surface area contributed by atoms with Crippen LogP contribution in [0.4, 0.5) is 0 Å². The number of nitrogens with two attached hydrogens (primary N) is 1. The molecule has 0 bridgehead atoms. The third-order valence-corrected chi connectivity index (χ3v) is 5.51. The Hall–Kier alpha value is -2.57. The number of piperidine rings is 1. The van der Waals surface area contributed by atoms with E-state index < -0.39 is 0 Å². The second-order valence-electron chi connectivity index (χ2n) is 7.76. The number of carbonyl (C=O) groups is 2. The summed E-state index contributed by atoms with van der Waals surface area (Å²) in [6.45, 7) is 3.95. The number of nitrogens with zero attached hydrogens (tertiary/aromatic N) is 3. The van der Waals surface area contributed by atoms with Crippen LogP contribution in [0.2, 0.25) is 0 Å². The zero-order chi connectivity index (χ0) is 19.9. The monoisotopic (exact) mass is 385 g/mol. The van der Waals surface area contributed by atoms with Crippen LogP contribution < -0.4 is 11.1 Å². The molecule has 7 nitrogen and oxygen atoms in total. The minimum absolute atomic E-state index is 0.233. The smallest absolute Gasteiger partial charge is 0.222 e. The molecule has 28 heavy (non-hydrogen) atoms. The lowest BCUT2D eigenvalue weighted by molar-refractivity contribution is -0.128. The lowest BCUT2D eigenvalue weighted by Gasteiger charge is -2.34. The van der Waals surface area contributed by atoms with Gasteiger partial charge in [0.2, 0.25) is 11.8 Å². The minimum Gasteiger partial charge on any atom is -0.370 e. The molecule has 0 aromatic heterocycles. The van der Waals surface area contributed by atoms with Crippen LogP contribution in [-0.4, -0.2) is 54.3 Å². The van der Waals surface area contributed by atoms with E-state index in [9.17, 15) is 9.59 Å². The zero-order valence-electron chi connectivity index (χ0n) is 16.7. The normalized spacial score (nSPS) is 20.5. The summed E-state index contributed by atoms with van der Waals surface area (Å²) in [4.78, 5) is 31.6. The fraction of sp³-hybridized carbons (Fsp3) is 0.571. The van der Waals surface area contributed by atoms with Gasteiger partial charge in [-0.05, 0) is 36.3 Å². The Labute approximate surface area is 167 Å². The second-order valence-corrected chi connectivity index (χ2v) is 7.76. The topological polar surface area (TPSA) is 91.0 Å². The predicted molar refractivity (Wildman–Crippen MR) is 109 cm³/mol. The van der Waals surface area contributed by atoms with Crippen molar-refractivity contribution in [1.29, 1.82) is 0 Å². The van der Waals surface area contributed by atoms with Crippen molar-refractivity contribution in [2.24, 2.45) is 16.6 Å². The van der Waals surface area contributed by atoms with Gasteiger partial charge in [0.1, 0.15) is 0 Å². The van der Waals surface area contributed by atoms with E-state index in [1.54, 1.807) is 7.05 Å². The molecule has 2 aliphatic heterocycles. The number of amides is 2. The molecule has 2 saturated heterocycles. The summed E-state index contributed by atoms with van der Waals surface area (Å²) in [5.41, 5.74) is 7.68. The number of aliphatic imine (C=N–C) groups is 1. The Morgan fingerprint density at radius 3 is 2.82 bits per heavy atom. The van der Waals surface area contributed by atoms with E-state index in [0.717, 1.165) is 56.0 Å². The molecule has 1 aromatic rings. The van der Waals surface area contributed by atoms with Crippen molar-refractivity contribution in [1.82, 2.24) is 15.1 Å². The van der Waals surface area contributed by atoms with Crippen LogP contribution in [0.5, 0.6) is 0 Å². The van der Waals surface area contributed by atoms with Gasteiger partial charge in [0.25, 0.3) is 0 Å². The predicted octanol–water partition coefficient (Wildman–Crippen LogP) is 1.47. The van der Waals surface area contributed by atoms with Crippen LogP contribution in [-0.2, 0) is 22.7 Å². The van der Waals surface area contributed by atoms with E-state index in [-0.39, 0.29) is 11.8 Å². The van der Waals surface area contributed by atoms with E-state index in [1.165, 1.54) is 0 Å². The molecule has 1 unspecified atom stereocenters. The second kappa shape index (κ2) is 9.57. The SMILES string of the molecule is CN=C(NCc1cccc(CN2CCCC2=O)c1)N1CCCC(CC(N)=O)C1. The van der Waals surface area contributed by atoms with Crippen molar-refractivity contribution in [2.75, 3.05) is 26.7 Å². The summed E-state index contributed by atoms with van der Waals surface area (Å²) in [5.74, 6) is 1.17. The Balaban J connectivity index is 1.55. The third-order valence-electron chi connectivity index (χ3n) is 5.51. The summed E-state index contributed by atoms with van der Waals surface area (Å²) in [5, 5.41) is 3.44. The van der Waals surface area contributed by atoms with Crippen molar-refractivity contribution in [3.05, 3.63) is 35.4 Å². The molecule has 2 amide bonds. The molecule has 7 heteroatoms. The van der Waals surface area contributed by atoms with Gasteiger partial charge in [-0.25, -0.2) is 0 Å². The quantitative estimate of drug-likeness (QED) is 0.573. The number of hydrogen-bond donors (Lipinski definition) is 2. The molecule has 2 fully saturated rings. The highest BCUT2D eigenvalue weighted by molar-refractivity contribution is 5.80. The Morgan fingerprint density at radius 1 is 1.29 bits per heavy atom. The first-order valence-corrected chi connectivity index (χ1v) is 10.1. The van der Waals surface area contributed by atoms with Gasteiger partial charge in [-0.2, -0.15) is 0 Å². The van der Waals surface area contributed by atoms with Crippen LogP contribution >= 0.6 is 0 Å². The molecule has 2 aliphatic rings. The van der Waals surface area contributed by atoms with Crippen molar-refractivity contribution in [3.8, 4) is 0 Å². The van der Waals surface area contributed by atoms with E-state index in [2.05, 4.69) is 33.4 Å². The maximum atomic E-state index is 11.8. The first-order valence-electron chi connectivity index (χ1n) is 10.1. The van der Waals surface area contributed by atoms with Gasteiger partial charge < -0.3 is 20.9 Å². The highest BCUT2D eigenvalue weighted by Gasteiger charge is 2.23. The van der Waals surface area contributed by atoms with Gasteiger partial charge in [0.15, 0.2) is 5.96 Å². The Morgan fingerprint density at radius 2 is 2.11 bits per heavy atom. The number of carbonyl (C=O) groups excluding carboxylic acids is 2. The largest absolute Gasteiger partial charge is 0.370 e. The average Bonchev–Trinajstić information content (AvgIpc) is 3.07. The minimum atomic E-state index is -0.233. The lowest BCUT2D eigenvalue weighted by Crippen LogP contribution is -2.46. The van der Waals surface area contributed by atoms with E-state index in [4.69, 9.17) is 5.73 Å². The molecule has 0 aliphatic carbocycles. The lowest BCUT2D eigenvalue weighted by atomic mass is 9.95. The van der Waals surface area contributed by atoms with E-state index >= 15 is 0 Å². The molecule has 2 heterocycles. The maximum Gasteiger partial charge on any atom is 0.222 e. The summed E-state index contributed by atoms with van der Waals surface area (Å²) >= 11 is 0. The first kappa shape index (κ1) is 20.2. The molecule has 0 radical (unpaired) electrons. The fourth-order valence-corrected chi connectivity index (χ4v) is 4.15. The number of hydrogen-bond acceptors (Lipinski definition) is 3. The highest BCUT2D eigenvalue weighted by atomic mass is 16.2. The molecule has 0 spiro atoms. The van der Waals surface area contributed by atoms with Crippen LogP contribution in [0.3, 0.4) is 0 Å². The molecular weight excluding hydrogens is 354 g/mol. The molecule has 0 saturated carbocycles. The van der Waals surface area contributed by atoms with Gasteiger partial charge in [-0.1, -0.05) is 24.3 Å². The van der Waals surface area contributed by atoms with Crippen LogP contribution in [0.15, 0.2) is 29.3 Å². The first-order chi connectivity index (χ1) is 13.5. The summed E-state index contributed by atoms with van der Waals surface area (Å²) in [6.07, 6.45) is 4.14. The molecule has 1 atom stereocenters.